The molecule has 9 heteroatoms. The number of aliphatic hydroxyl groups excluding tert-OH is 5. The van der Waals surface area contributed by atoms with Crippen LogP contribution in [0.1, 0.15) is 206 Å². The van der Waals surface area contributed by atoms with E-state index in [1.165, 1.54) is 141 Å². The number of nitrogens with one attached hydrogen (secondary N) is 1. The Morgan fingerprint density at radius 1 is 0.588 bits per heavy atom. The molecule has 304 valence electrons. The third-order valence-corrected chi connectivity index (χ3v) is 10.7. The normalized spacial score (nSPS) is 21.9. The lowest BCUT2D eigenvalue weighted by atomic mass is 9.99. The largest absolute Gasteiger partial charge is 0.394 e. The van der Waals surface area contributed by atoms with Gasteiger partial charge in [-0.2, -0.15) is 0 Å². The van der Waals surface area contributed by atoms with E-state index in [4.69, 9.17) is 9.47 Å². The Kier molecular flexibility index (Phi) is 31.9. The van der Waals surface area contributed by atoms with Gasteiger partial charge in [-0.25, -0.2) is 0 Å². The van der Waals surface area contributed by atoms with Crippen molar-refractivity contribution in [3.05, 3.63) is 0 Å². The molecule has 0 aromatic heterocycles. The number of unbranched alkanes of at least 4 members (excludes halogenated alkanes) is 26. The second-order valence-corrected chi connectivity index (χ2v) is 15.5. The molecule has 1 amide bonds. The molecule has 0 saturated carbocycles. The summed E-state index contributed by atoms with van der Waals surface area (Å²) in [6.07, 6.45) is 28.2. The molecule has 0 aromatic carbocycles. The van der Waals surface area contributed by atoms with Gasteiger partial charge in [0.25, 0.3) is 0 Å². The Morgan fingerprint density at radius 3 is 1.39 bits per heavy atom. The number of hydrogen-bond donors (Lipinski definition) is 6. The number of carbonyl (C=O) groups excluding carboxylic acids is 1. The molecule has 7 atom stereocenters. The molecule has 0 bridgehead atoms. The van der Waals surface area contributed by atoms with Crippen LogP contribution < -0.4 is 5.32 Å². The van der Waals surface area contributed by atoms with E-state index < -0.39 is 49.5 Å². The monoisotopic (exact) mass is 730 g/mol. The first kappa shape index (κ1) is 48.2. The van der Waals surface area contributed by atoms with E-state index in [2.05, 4.69) is 19.2 Å². The predicted molar refractivity (Wildman–Crippen MR) is 208 cm³/mol. The molecular weight excluding hydrogens is 646 g/mol. The van der Waals surface area contributed by atoms with E-state index in [1.807, 2.05) is 0 Å². The average molecular weight is 730 g/mol. The van der Waals surface area contributed by atoms with Crippen LogP contribution in [0.5, 0.6) is 0 Å². The Morgan fingerprint density at radius 2 is 0.980 bits per heavy atom. The van der Waals surface area contributed by atoms with E-state index in [0.29, 0.717) is 12.8 Å². The van der Waals surface area contributed by atoms with E-state index in [9.17, 15) is 30.3 Å². The summed E-state index contributed by atoms with van der Waals surface area (Å²) >= 11 is 0. The number of hydrogen-bond acceptors (Lipinski definition) is 8. The summed E-state index contributed by atoms with van der Waals surface area (Å²) in [6, 6.07) is -0.710. The minimum Gasteiger partial charge on any atom is -0.394 e. The average Bonchev–Trinajstić information content (AvgIpc) is 3.13. The molecule has 0 spiro atoms. The zero-order valence-electron chi connectivity index (χ0n) is 33.1. The van der Waals surface area contributed by atoms with Gasteiger partial charge in [0.2, 0.25) is 5.91 Å². The molecule has 1 heterocycles. The van der Waals surface area contributed by atoms with Crippen LogP contribution in [-0.2, 0) is 14.3 Å². The maximum absolute atomic E-state index is 12.9. The molecule has 9 nitrogen and oxygen atoms in total. The van der Waals surface area contributed by atoms with Crippen LogP contribution in [0.3, 0.4) is 0 Å². The van der Waals surface area contributed by atoms with Crippen LogP contribution in [0, 0.1) is 0 Å². The summed E-state index contributed by atoms with van der Waals surface area (Å²) < 4.78 is 11.2. The smallest absolute Gasteiger partial charge is 0.220 e. The van der Waals surface area contributed by atoms with Crippen molar-refractivity contribution in [2.45, 2.75) is 249 Å². The van der Waals surface area contributed by atoms with Crippen LogP contribution >= 0.6 is 0 Å². The first-order chi connectivity index (χ1) is 24.8. The first-order valence-electron chi connectivity index (χ1n) is 21.7. The Hall–Kier alpha value is -0.810. The molecule has 1 fully saturated rings. The Balaban J connectivity index is 2.35. The third kappa shape index (κ3) is 25.0. The second-order valence-electron chi connectivity index (χ2n) is 15.5. The highest BCUT2D eigenvalue weighted by atomic mass is 16.7. The number of rotatable bonds is 36. The van der Waals surface area contributed by atoms with Crippen molar-refractivity contribution >= 4 is 5.91 Å². The van der Waals surface area contributed by atoms with Crippen LogP contribution in [0.15, 0.2) is 0 Å². The van der Waals surface area contributed by atoms with E-state index in [1.54, 1.807) is 0 Å². The summed E-state index contributed by atoms with van der Waals surface area (Å²) in [5.74, 6) is -0.142. The van der Waals surface area contributed by atoms with Gasteiger partial charge in [-0.05, 0) is 12.8 Å². The summed E-state index contributed by atoms with van der Waals surface area (Å²) in [5.41, 5.74) is 0. The molecule has 51 heavy (non-hydrogen) atoms. The van der Waals surface area contributed by atoms with E-state index >= 15 is 0 Å². The molecule has 0 aromatic rings. The molecule has 0 radical (unpaired) electrons. The standard InChI is InChI=1S/C42H83NO8/c1-3-5-7-9-11-13-15-17-18-20-22-24-26-28-30-32-38(46)43-35(34-50-42-41(49)40(48)39(47)37(33-44)51-42)36(45)31-29-27-25-23-21-19-16-14-12-10-8-6-4-2/h35-37,39-42,44-45,47-49H,3-34H2,1-2H3,(H,43,46)/t35?,36?,37-,39-,40+,41-,42-/m1/s1. The topological polar surface area (TPSA) is 149 Å². The number of amides is 1. The lowest BCUT2D eigenvalue weighted by molar-refractivity contribution is -0.302. The van der Waals surface area contributed by atoms with Crippen LogP contribution in [-0.4, -0.2) is 87.5 Å². The molecular formula is C42H83NO8. The summed E-state index contributed by atoms with van der Waals surface area (Å²) in [5, 5.41) is 54.2. The fourth-order valence-corrected chi connectivity index (χ4v) is 7.16. The first-order valence-corrected chi connectivity index (χ1v) is 21.7. The summed E-state index contributed by atoms with van der Waals surface area (Å²) in [7, 11) is 0. The van der Waals surface area contributed by atoms with Crippen LogP contribution in [0.25, 0.3) is 0 Å². The van der Waals surface area contributed by atoms with Gasteiger partial charge < -0.3 is 40.3 Å². The van der Waals surface area contributed by atoms with Crippen molar-refractivity contribution in [2.24, 2.45) is 0 Å². The van der Waals surface area contributed by atoms with Gasteiger partial charge in [-0.1, -0.05) is 187 Å². The Bertz CT molecular complexity index is 771. The lowest BCUT2D eigenvalue weighted by Gasteiger charge is -2.40. The molecule has 1 saturated heterocycles. The summed E-state index contributed by atoms with van der Waals surface area (Å²) in [4.78, 5) is 12.9. The second kappa shape index (κ2) is 33.7. The van der Waals surface area contributed by atoms with Gasteiger partial charge in [0.05, 0.1) is 25.4 Å². The van der Waals surface area contributed by atoms with E-state index in [0.717, 1.165) is 38.5 Å². The predicted octanol–water partition coefficient (Wildman–Crippen LogP) is 8.39. The maximum atomic E-state index is 12.9. The van der Waals surface area contributed by atoms with Gasteiger partial charge >= 0.3 is 0 Å². The number of aliphatic hydroxyl groups is 5. The minimum atomic E-state index is -1.55. The highest BCUT2D eigenvalue weighted by Crippen LogP contribution is 2.23. The highest BCUT2D eigenvalue weighted by Gasteiger charge is 2.44. The number of ether oxygens (including phenoxy) is 2. The van der Waals surface area contributed by atoms with Crippen molar-refractivity contribution < 1.29 is 39.8 Å². The van der Waals surface area contributed by atoms with Gasteiger partial charge in [0.1, 0.15) is 24.4 Å². The van der Waals surface area contributed by atoms with Crippen LogP contribution in [0.2, 0.25) is 0 Å². The highest BCUT2D eigenvalue weighted by molar-refractivity contribution is 5.76. The quantitative estimate of drug-likeness (QED) is 0.0353. The summed E-state index contributed by atoms with van der Waals surface area (Å²) in [6.45, 7) is 3.83. The SMILES string of the molecule is CCCCCCCCCCCCCCCCCC(=O)NC(CO[C@@H]1O[C@H](CO)[C@@H](O)[C@H](O)[C@H]1O)C(O)CCCCCCCCCCCCCCC. The molecule has 6 N–H and O–H groups in total. The van der Waals surface area contributed by atoms with Gasteiger partial charge in [-0.3, -0.25) is 4.79 Å². The zero-order valence-corrected chi connectivity index (χ0v) is 33.1. The molecule has 0 aliphatic carbocycles. The molecule has 1 aliphatic rings. The fraction of sp³-hybridized carbons (Fsp3) is 0.976. The van der Waals surface area contributed by atoms with Crippen molar-refractivity contribution in [3.63, 3.8) is 0 Å². The lowest BCUT2D eigenvalue weighted by Crippen LogP contribution is -2.60. The van der Waals surface area contributed by atoms with Gasteiger partial charge in [0, 0.05) is 6.42 Å². The molecule has 1 rings (SSSR count). The van der Waals surface area contributed by atoms with Crippen LogP contribution in [0.4, 0.5) is 0 Å². The molecule has 2 unspecified atom stereocenters. The minimum absolute atomic E-state index is 0.132. The van der Waals surface area contributed by atoms with Crippen molar-refractivity contribution in [1.82, 2.24) is 5.32 Å². The zero-order chi connectivity index (χ0) is 37.4. The number of carbonyl (C=O) groups is 1. The van der Waals surface area contributed by atoms with Crippen molar-refractivity contribution in [2.75, 3.05) is 13.2 Å². The molecule has 1 aliphatic heterocycles. The Labute approximate surface area is 313 Å². The third-order valence-electron chi connectivity index (χ3n) is 10.7. The van der Waals surface area contributed by atoms with Gasteiger partial charge in [0.15, 0.2) is 6.29 Å². The fourth-order valence-electron chi connectivity index (χ4n) is 7.16. The maximum Gasteiger partial charge on any atom is 0.220 e. The van der Waals surface area contributed by atoms with Gasteiger partial charge in [-0.15, -0.1) is 0 Å². The van der Waals surface area contributed by atoms with Crippen molar-refractivity contribution in [3.8, 4) is 0 Å². The van der Waals surface area contributed by atoms with E-state index in [-0.39, 0.29) is 12.5 Å². The van der Waals surface area contributed by atoms with Crippen molar-refractivity contribution in [1.29, 1.82) is 0 Å².